The molecule has 10 nitrogen and oxygen atoms in total. The fraction of sp³-hybridized carbons (Fsp3) is 0.686. The van der Waals surface area contributed by atoms with Crippen molar-refractivity contribution in [1.29, 1.82) is 0 Å². The van der Waals surface area contributed by atoms with E-state index in [2.05, 4.69) is 74.6 Å². The van der Waals surface area contributed by atoms with Crippen LogP contribution in [0.4, 0.5) is 0 Å². The Labute approximate surface area is 378 Å². The largest absolute Gasteiger partial charge is 0.472 e. The zero-order valence-electron chi connectivity index (χ0n) is 39.7. The van der Waals surface area contributed by atoms with E-state index in [4.69, 9.17) is 18.5 Å². The summed E-state index contributed by atoms with van der Waals surface area (Å²) >= 11 is 0. The highest BCUT2D eigenvalue weighted by molar-refractivity contribution is 7.47. The second-order valence-corrected chi connectivity index (χ2v) is 18.4. The first-order valence-corrected chi connectivity index (χ1v) is 25.4. The molecular formula is C51H89NO9P+. The first kappa shape index (κ1) is 59.1. The number of aliphatic hydroxyl groups is 1. The van der Waals surface area contributed by atoms with E-state index < -0.39 is 38.6 Å². The van der Waals surface area contributed by atoms with Crippen LogP contribution in [0.25, 0.3) is 0 Å². The lowest BCUT2D eigenvalue weighted by molar-refractivity contribution is -0.870. The molecule has 0 heterocycles. The molecule has 0 aliphatic heterocycles. The second-order valence-electron chi connectivity index (χ2n) is 17.0. The Bertz CT molecular complexity index is 1340. The third-order valence-electron chi connectivity index (χ3n) is 9.75. The van der Waals surface area contributed by atoms with Crippen LogP contribution in [-0.4, -0.2) is 86.1 Å². The van der Waals surface area contributed by atoms with Crippen LogP contribution >= 0.6 is 7.82 Å². The molecule has 11 heteroatoms. The summed E-state index contributed by atoms with van der Waals surface area (Å²) in [4.78, 5) is 35.5. The molecule has 0 radical (unpaired) electrons. The molecule has 1 unspecified atom stereocenters. The van der Waals surface area contributed by atoms with E-state index in [0.29, 0.717) is 30.3 Å². The van der Waals surface area contributed by atoms with Crippen LogP contribution < -0.4 is 0 Å². The van der Waals surface area contributed by atoms with Crippen molar-refractivity contribution in [2.75, 3.05) is 47.5 Å². The third-order valence-corrected chi connectivity index (χ3v) is 10.7. The molecule has 0 saturated carbocycles. The molecule has 356 valence electrons. The van der Waals surface area contributed by atoms with Gasteiger partial charge in [0, 0.05) is 12.8 Å². The minimum atomic E-state index is -4.43. The molecule has 0 rings (SSSR count). The number of nitrogens with zero attached hydrogens (tertiary/aromatic N) is 1. The van der Waals surface area contributed by atoms with Gasteiger partial charge in [0.1, 0.15) is 19.8 Å². The van der Waals surface area contributed by atoms with Crippen molar-refractivity contribution >= 4 is 19.8 Å². The number of phosphoric acid groups is 1. The van der Waals surface area contributed by atoms with Gasteiger partial charge in [-0.25, -0.2) is 4.57 Å². The Kier molecular flexibility index (Phi) is 40.2. The summed E-state index contributed by atoms with van der Waals surface area (Å²) in [7, 11) is 1.35. The molecule has 0 amide bonds. The monoisotopic (exact) mass is 891 g/mol. The van der Waals surface area contributed by atoms with Crippen LogP contribution in [0.2, 0.25) is 0 Å². The van der Waals surface area contributed by atoms with E-state index in [0.717, 1.165) is 70.6 Å². The maximum absolute atomic E-state index is 12.7. The standard InChI is InChI=1S/C51H88NO9P/c1-6-8-10-12-14-16-18-20-21-22-23-24-25-26-28-30-32-34-36-38-42-51(55)61-49(47-60-62(56,57)59-45-44-52(3,4)5)46-58-50(54)43-39-41-48(53)40-37-35-33-31-29-27-19-17-15-13-11-9-7-2/h15-18,21-22,24-25,27,29,33,35,37,40,48-49,53H,6-14,19-20,23,26,28,30-32,34,36,38-39,41-47H2,1-5H3/p+1/b17-15-,18-16-,22-21-,25-24-,29-27-,35-33-,40-37+/t48-,49-/m1/s1. The Morgan fingerprint density at radius 1 is 0.581 bits per heavy atom. The van der Waals surface area contributed by atoms with Gasteiger partial charge >= 0.3 is 19.8 Å². The van der Waals surface area contributed by atoms with Crippen LogP contribution in [0.5, 0.6) is 0 Å². The van der Waals surface area contributed by atoms with E-state index in [1.807, 2.05) is 33.3 Å². The summed E-state index contributed by atoms with van der Waals surface area (Å²) in [6.45, 7) is 4.12. The lowest BCUT2D eigenvalue weighted by atomic mass is 10.1. The maximum Gasteiger partial charge on any atom is 0.472 e. The predicted octanol–water partition coefficient (Wildman–Crippen LogP) is 12.9. The van der Waals surface area contributed by atoms with Crippen molar-refractivity contribution in [3.63, 3.8) is 0 Å². The topological polar surface area (TPSA) is 129 Å². The van der Waals surface area contributed by atoms with Crippen LogP contribution in [-0.2, 0) is 32.7 Å². The van der Waals surface area contributed by atoms with E-state index in [-0.39, 0.29) is 26.1 Å². The minimum Gasteiger partial charge on any atom is -0.462 e. The molecule has 0 bridgehead atoms. The Balaban J connectivity index is 4.53. The van der Waals surface area contributed by atoms with E-state index in [1.54, 1.807) is 12.2 Å². The van der Waals surface area contributed by atoms with E-state index in [9.17, 15) is 24.2 Å². The number of esters is 2. The highest BCUT2D eigenvalue weighted by atomic mass is 31.2. The van der Waals surface area contributed by atoms with Gasteiger partial charge in [-0.05, 0) is 83.5 Å². The molecule has 0 aliphatic carbocycles. The van der Waals surface area contributed by atoms with Crippen LogP contribution in [0.3, 0.4) is 0 Å². The molecule has 0 aromatic heterocycles. The first-order chi connectivity index (χ1) is 29.9. The number of phosphoric ester groups is 1. The summed E-state index contributed by atoms with van der Waals surface area (Å²) in [5.41, 5.74) is 0. The predicted molar refractivity (Wildman–Crippen MR) is 258 cm³/mol. The van der Waals surface area contributed by atoms with Gasteiger partial charge < -0.3 is 24.0 Å². The fourth-order valence-corrected chi connectivity index (χ4v) is 6.69. The SMILES string of the molecule is CCCCC/C=C\C/C=C\C/C=C\C=C\[C@@H](O)CCCC(=O)OC[C@H](COP(=O)(O)OCC[N+](C)(C)C)OC(=O)CCCCCCCC/C=C\C/C=C\C/C=C\CCCCCC. The van der Waals surface area contributed by atoms with Gasteiger partial charge in [-0.15, -0.1) is 0 Å². The zero-order valence-corrected chi connectivity index (χ0v) is 40.6. The highest BCUT2D eigenvalue weighted by Gasteiger charge is 2.27. The van der Waals surface area contributed by atoms with E-state index in [1.165, 1.54) is 51.4 Å². The van der Waals surface area contributed by atoms with E-state index >= 15 is 0 Å². The summed E-state index contributed by atoms with van der Waals surface area (Å²) in [5, 5.41) is 10.3. The molecule has 0 aromatic rings. The number of unbranched alkanes of at least 4 members (excludes halogenated alkanes) is 13. The maximum atomic E-state index is 12.7. The van der Waals surface area contributed by atoms with Gasteiger partial charge in [-0.1, -0.05) is 157 Å². The molecule has 0 saturated heterocycles. The number of rotatable bonds is 42. The van der Waals surface area contributed by atoms with Gasteiger partial charge in [-0.2, -0.15) is 0 Å². The Morgan fingerprint density at radius 2 is 1.06 bits per heavy atom. The quantitative estimate of drug-likeness (QED) is 0.0154. The molecule has 0 fully saturated rings. The molecule has 2 N–H and O–H groups in total. The number of aliphatic hydroxyl groups excluding tert-OH is 1. The Hall–Kier alpha value is -2.85. The van der Waals surface area contributed by atoms with Crippen molar-refractivity contribution in [3.8, 4) is 0 Å². The number of likely N-dealkylation sites (N-methyl/N-ethyl adjacent to an activating group) is 1. The van der Waals surface area contributed by atoms with Gasteiger partial charge in [0.25, 0.3) is 0 Å². The van der Waals surface area contributed by atoms with Crippen molar-refractivity contribution in [2.24, 2.45) is 0 Å². The summed E-state index contributed by atoms with van der Waals surface area (Å²) < 4.78 is 34.2. The number of hydrogen-bond donors (Lipinski definition) is 2. The van der Waals surface area contributed by atoms with Crippen LogP contribution in [0.15, 0.2) is 85.1 Å². The molecule has 0 aliphatic rings. The number of carbonyl (C=O) groups is 2. The molecule has 0 aromatic carbocycles. The van der Waals surface area contributed by atoms with Crippen molar-refractivity contribution in [3.05, 3.63) is 85.1 Å². The van der Waals surface area contributed by atoms with Crippen molar-refractivity contribution < 1.29 is 47.2 Å². The third kappa shape index (κ3) is 45.2. The van der Waals surface area contributed by atoms with Gasteiger partial charge in [0.15, 0.2) is 6.10 Å². The average molecular weight is 891 g/mol. The zero-order chi connectivity index (χ0) is 45.8. The number of hydrogen-bond acceptors (Lipinski definition) is 8. The van der Waals surface area contributed by atoms with Crippen LogP contribution in [0, 0.1) is 0 Å². The van der Waals surface area contributed by atoms with Gasteiger partial charge in [0.05, 0.1) is 33.9 Å². The number of carbonyl (C=O) groups excluding carboxylic acids is 2. The summed E-state index contributed by atoms with van der Waals surface area (Å²) in [5.74, 6) is -1.02. The lowest BCUT2D eigenvalue weighted by Gasteiger charge is -2.24. The normalized spacial score (nSPS) is 14.8. The van der Waals surface area contributed by atoms with Crippen molar-refractivity contribution in [1.82, 2.24) is 0 Å². The number of quaternary nitrogens is 1. The van der Waals surface area contributed by atoms with Crippen molar-refractivity contribution in [2.45, 2.75) is 180 Å². The second kappa shape index (κ2) is 42.1. The van der Waals surface area contributed by atoms with Gasteiger partial charge in [-0.3, -0.25) is 18.6 Å². The summed E-state index contributed by atoms with van der Waals surface area (Å²) in [6.07, 6.45) is 50.9. The molecule has 0 spiro atoms. The minimum absolute atomic E-state index is 0.00530. The smallest absolute Gasteiger partial charge is 0.462 e. The molecule has 62 heavy (non-hydrogen) atoms. The summed E-state index contributed by atoms with van der Waals surface area (Å²) in [6, 6.07) is 0. The number of ether oxygens (including phenoxy) is 2. The number of allylic oxidation sites excluding steroid dienone is 13. The average Bonchev–Trinajstić information content (AvgIpc) is 3.22. The fourth-order valence-electron chi connectivity index (χ4n) is 5.95. The van der Waals surface area contributed by atoms with Gasteiger partial charge in [0.2, 0.25) is 0 Å². The van der Waals surface area contributed by atoms with Crippen LogP contribution in [0.1, 0.15) is 168 Å². The lowest BCUT2D eigenvalue weighted by Crippen LogP contribution is -2.37. The first-order valence-electron chi connectivity index (χ1n) is 23.9. The molecule has 3 atom stereocenters. The Morgan fingerprint density at radius 3 is 1.65 bits per heavy atom. The molecular weight excluding hydrogens is 802 g/mol. The highest BCUT2D eigenvalue weighted by Crippen LogP contribution is 2.43.